The van der Waals surface area contributed by atoms with Crippen LogP contribution in [0.1, 0.15) is 25.0 Å². The molecule has 2 heteroatoms. The maximum absolute atomic E-state index is 5.75. The van der Waals surface area contributed by atoms with E-state index >= 15 is 0 Å². The van der Waals surface area contributed by atoms with Crippen LogP contribution in [-0.4, -0.2) is 13.7 Å². The SMILES string of the molecule is COCc1ccccc1C=C(CN)C(C)C. The Morgan fingerprint density at radius 1 is 1.38 bits per heavy atom. The van der Waals surface area contributed by atoms with Gasteiger partial charge in [-0.05, 0) is 17.0 Å². The second-order valence-electron chi connectivity index (χ2n) is 4.21. The van der Waals surface area contributed by atoms with Crippen molar-refractivity contribution < 1.29 is 4.74 Å². The van der Waals surface area contributed by atoms with Crippen molar-refractivity contribution in [1.82, 2.24) is 0 Å². The van der Waals surface area contributed by atoms with Crippen molar-refractivity contribution in [3.63, 3.8) is 0 Å². The second kappa shape index (κ2) is 6.46. The molecule has 0 saturated heterocycles. The largest absolute Gasteiger partial charge is 0.380 e. The zero-order valence-electron chi connectivity index (χ0n) is 10.4. The summed E-state index contributed by atoms with van der Waals surface area (Å²) in [5, 5.41) is 0. The number of benzene rings is 1. The Morgan fingerprint density at radius 2 is 2.06 bits per heavy atom. The van der Waals surface area contributed by atoms with Crippen LogP contribution in [0.25, 0.3) is 6.08 Å². The lowest BCUT2D eigenvalue weighted by atomic mass is 9.98. The molecule has 1 rings (SSSR count). The summed E-state index contributed by atoms with van der Waals surface area (Å²) >= 11 is 0. The van der Waals surface area contributed by atoms with Crippen LogP contribution in [0.15, 0.2) is 29.8 Å². The van der Waals surface area contributed by atoms with Crippen molar-refractivity contribution in [3.8, 4) is 0 Å². The number of hydrogen-bond donors (Lipinski definition) is 1. The molecule has 1 aromatic carbocycles. The van der Waals surface area contributed by atoms with Crippen LogP contribution >= 0.6 is 0 Å². The van der Waals surface area contributed by atoms with Gasteiger partial charge in [-0.25, -0.2) is 0 Å². The Labute approximate surface area is 98.1 Å². The predicted molar refractivity (Wildman–Crippen MR) is 69.0 cm³/mol. The molecule has 0 aliphatic rings. The first kappa shape index (κ1) is 12.9. The van der Waals surface area contributed by atoms with E-state index in [0.717, 1.165) is 0 Å². The predicted octanol–water partition coefficient (Wildman–Crippen LogP) is 2.83. The van der Waals surface area contributed by atoms with E-state index in [-0.39, 0.29) is 0 Å². The van der Waals surface area contributed by atoms with E-state index in [9.17, 15) is 0 Å². The molecule has 0 bridgehead atoms. The molecule has 0 radical (unpaired) electrons. The van der Waals surface area contributed by atoms with Crippen LogP contribution in [0, 0.1) is 5.92 Å². The highest BCUT2D eigenvalue weighted by molar-refractivity contribution is 5.57. The molecule has 88 valence electrons. The van der Waals surface area contributed by atoms with Crippen molar-refractivity contribution >= 4 is 6.08 Å². The third-order valence-electron chi connectivity index (χ3n) is 2.67. The van der Waals surface area contributed by atoms with E-state index in [1.54, 1.807) is 7.11 Å². The lowest BCUT2D eigenvalue weighted by Crippen LogP contribution is -2.08. The third-order valence-corrected chi connectivity index (χ3v) is 2.67. The minimum Gasteiger partial charge on any atom is -0.380 e. The third kappa shape index (κ3) is 3.47. The lowest BCUT2D eigenvalue weighted by Gasteiger charge is -2.11. The van der Waals surface area contributed by atoms with Gasteiger partial charge in [0.25, 0.3) is 0 Å². The minimum absolute atomic E-state index is 0.487. The topological polar surface area (TPSA) is 35.2 Å². The van der Waals surface area contributed by atoms with Gasteiger partial charge in [0.1, 0.15) is 0 Å². The van der Waals surface area contributed by atoms with Crippen LogP contribution in [0.5, 0.6) is 0 Å². The zero-order valence-corrected chi connectivity index (χ0v) is 10.4. The normalized spacial score (nSPS) is 12.2. The Bertz CT molecular complexity index is 356. The molecular weight excluding hydrogens is 198 g/mol. The second-order valence-corrected chi connectivity index (χ2v) is 4.21. The molecule has 2 N–H and O–H groups in total. The summed E-state index contributed by atoms with van der Waals surface area (Å²) in [4.78, 5) is 0. The van der Waals surface area contributed by atoms with Gasteiger partial charge < -0.3 is 10.5 Å². The summed E-state index contributed by atoms with van der Waals surface area (Å²) in [7, 11) is 1.72. The summed E-state index contributed by atoms with van der Waals surface area (Å²) < 4.78 is 5.18. The van der Waals surface area contributed by atoms with Gasteiger partial charge in [0.05, 0.1) is 6.61 Å². The quantitative estimate of drug-likeness (QED) is 0.826. The molecule has 0 atom stereocenters. The molecule has 0 saturated carbocycles. The first-order valence-corrected chi connectivity index (χ1v) is 5.66. The smallest absolute Gasteiger partial charge is 0.0718 e. The van der Waals surface area contributed by atoms with Crippen LogP contribution in [0.2, 0.25) is 0 Å². The molecule has 16 heavy (non-hydrogen) atoms. The van der Waals surface area contributed by atoms with Crippen LogP contribution in [0.4, 0.5) is 0 Å². The molecule has 0 spiro atoms. The van der Waals surface area contributed by atoms with Gasteiger partial charge in [-0.15, -0.1) is 0 Å². The van der Waals surface area contributed by atoms with E-state index in [1.807, 2.05) is 12.1 Å². The summed E-state index contributed by atoms with van der Waals surface area (Å²) in [5.41, 5.74) is 9.43. The summed E-state index contributed by atoms with van der Waals surface area (Å²) in [5.74, 6) is 0.487. The van der Waals surface area contributed by atoms with Gasteiger partial charge in [0.15, 0.2) is 0 Å². The minimum atomic E-state index is 0.487. The first-order chi connectivity index (χ1) is 7.69. The summed E-state index contributed by atoms with van der Waals surface area (Å²) in [6.45, 7) is 5.58. The van der Waals surface area contributed by atoms with Crippen LogP contribution < -0.4 is 5.73 Å². The van der Waals surface area contributed by atoms with Crippen molar-refractivity contribution in [1.29, 1.82) is 0 Å². The van der Waals surface area contributed by atoms with Crippen LogP contribution in [-0.2, 0) is 11.3 Å². The average Bonchev–Trinajstić information content (AvgIpc) is 2.27. The molecule has 0 aromatic heterocycles. The monoisotopic (exact) mass is 219 g/mol. The van der Waals surface area contributed by atoms with Gasteiger partial charge >= 0.3 is 0 Å². The van der Waals surface area contributed by atoms with Crippen molar-refractivity contribution in [2.45, 2.75) is 20.5 Å². The fraction of sp³-hybridized carbons (Fsp3) is 0.429. The van der Waals surface area contributed by atoms with E-state index in [2.05, 4.69) is 32.1 Å². The number of nitrogens with two attached hydrogens (primary N) is 1. The van der Waals surface area contributed by atoms with Crippen molar-refractivity contribution in [3.05, 3.63) is 41.0 Å². The molecule has 0 amide bonds. The lowest BCUT2D eigenvalue weighted by molar-refractivity contribution is 0.184. The fourth-order valence-corrected chi connectivity index (χ4v) is 1.62. The Hall–Kier alpha value is -1.12. The molecule has 0 aliphatic carbocycles. The average molecular weight is 219 g/mol. The molecular formula is C14H21NO. The van der Waals surface area contributed by atoms with E-state index in [1.165, 1.54) is 16.7 Å². The number of hydrogen-bond acceptors (Lipinski definition) is 2. The molecule has 0 unspecified atom stereocenters. The number of ether oxygens (including phenoxy) is 1. The van der Waals surface area contributed by atoms with Gasteiger partial charge in [-0.1, -0.05) is 49.8 Å². The van der Waals surface area contributed by atoms with E-state index in [0.29, 0.717) is 19.1 Å². The van der Waals surface area contributed by atoms with Crippen molar-refractivity contribution in [2.24, 2.45) is 11.7 Å². The van der Waals surface area contributed by atoms with Gasteiger partial charge in [-0.3, -0.25) is 0 Å². The van der Waals surface area contributed by atoms with Crippen molar-refractivity contribution in [2.75, 3.05) is 13.7 Å². The Kier molecular flexibility index (Phi) is 5.23. The van der Waals surface area contributed by atoms with Gasteiger partial charge in [0, 0.05) is 13.7 Å². The highest BCUT2D eigenvalue weighted by Gasteiger charge is 2.03. The Balaban J connectivity index is 3.02. The standard InChI is InChI=1S/C14H21NO/c1-11(2)14(9-15)8-12-6-4-5-7-13(12)10-16-3/h4-8,11H,9-10,15H2,1-3H3. The first-order valence-electron chi connectivity index (χ1n) is 5.66. The fourth-order valence-electron chi connectivity index (χ4n) is 1.62. The maximum Gasteiger partial charge on any atom is 0.0718 e. The number of methoxy groups -OCH3 is 1. The highest BCUT2D eigenvalue weighted by Crippen LogP contribution is 2.17. The molecule has 0 heterocycles. The van der Waals surface area contributed by atoms with E-state index in [4.69, 9.17) is 10.5 Å². The molecule has 1 aromatic rings. The van der Waals surface area contributed by atoms with Gasteiger partial charge in [0.2, 0.25) is 0 Å². The van der Waals surface area contributed by atoms with E-state index < -0.39 is 0 Å². The highest BCUT2D eigenvalue weighted by atomic mass is 16.5. The Morgan fingerprint density at radius 3 is 2.62 bits per heavy atom. The van der Waals surface area contributed by atoms with Crippen LogP contribution in [0.3, 0.4) is 0 Å². The molecule has 0 aliphatic heterocycles. The zero-order chi connectivity index (χ0) is 12.0. The summed E-state index contributed by atoms with van der Waals surface area (Å²) in [6.07, 6.45) is 2.18. The molecule has 0 fully saturated rings. The molecule has 2 nitrogen and oxygen atoms in total. The maximum atomic E-state index is 5.75. The summed E-state index contributed by atoms with van der Waals surface area (Å²) in [6, 6.07) is 8.26. The van der Waals surface area contributed by atoms with Gasteiger partial charge in [-0.2, -0.15) is 0 Å². The number of rotatable bonds is 5.